The Balaban J connectivity index is 1.84. The maximum absolute atomic E-state index is 13.8. The number of nitrogens with zero attached hydrogens (tertiary/aromatic N) is 2. The molecule has 154 valence electrons. The van der Waals surface area contributed by atoms with Gasteiger partial charge in [-0.1, -0.05) is 18.2 Å². The fraction of sp³-hybridized carbons (Fsp3) is 0.333. The number of hydrogen-bond donors (Lipinski definition) is 0. The highest BCUT2D eigenvalue weighted by atomic mass is 19.4. The minimum atomic E-state index is -4.77. The SMILES string of the molecule is Cc1ccc(CCC(=O)O[C@@H](c2c(C)nn(-c3ccccc3)c2C)C(F)(F)F)o1. The quantitative estimate of drug-likeness (QED) is 0.530. The van der Waals surface area contributed by atoms with Gasteiger partial charge in [0.15, 0.2) is 0 Å². The normalized spacial score (nSPS) is 12.8. The molecule has 0 saturated carbocycles. The lowest BCUT2D eigenvalue weighted by Crippen LogP contribution is -2.27. The molecule has 0 amide bonds. The summed E-state index contributed by atoms with van der Waals surface area (Å²) in [5.74, 6) is 0.237. The summed E-state index contributed by atoms with van der Waals surface area (Å²) in [7, 11) is 0. The largest absolute Gasteiger partial charge is 0.466 e. The number of para-hydroxylation sites is 1. The van der Waals surface area contributed by atoms with Crippen molar-refractivity contribution in [2.75, 3.05) is 0 Å². The van der Waals surface area contributed by atoms with Crippen LogP contribution in [0.5, 0.6) is 0 Å². The Bertz CT molecular complexity index is 991. The maximum atomic E-state index is 13.8. The van der Waals surface area contributed by atoms with Crippen molar-refractivity contribution < 1.29 is 27.1 Å². The van der Waals surface area contributed by atoms with Gasteiger partial charge in [-0.2, -0.15) is 18.3 Å². The maximum Gasteiger partial charge on any atom is 0.429 e. The fourth-order valence-corrected chi connectivity index (χ4v) is 3.18. The number of rotatable bonds is 6. The van der Waals surface area contributed by atoms with E-state index in [1.165, 1.54) is 18.5 Å². The van der Waals surface area contributed by atoms with E-state index in [0.717, 1.165) is 0 Å². The Kier molecular flexibility index (Phi) is 5.81. The summed E-state index contributed by atoms with van der Waals surface area (Å²) in [5, 5.41) is 4.23. The summed E-state index contributed by atoms with van der Waals surface area (Å²) in [6.45, 7) is 4.75. The number of aryl methyl sites for hydroxylation is 3. The van der Waals surface area contributed by atoms with Crippen molar-refractivity contribution in [2.24, 2.45) is 0 Å². The highest BCUT2D eigenvalue weighted by Crippen LogP contribution is 2.39. The van der Waals surface area contributed by atoms with Gasteiger partial charge in [0.2, 0.25) is 6.10 Å². The Morgan fingerprint density at radius 3 is 2.41 bits per heavy atom. The Morgan fingerprint density at radius 2 is 1.83 bits per heavy atom. The average molecular weight is 406 g/mol. The molecular formula is C21H21F3N2O3. The third-order valence-corrected chi connectivity index (χ3v) is 4.53. The molecule has 0 aliphatic heterocycles. The monoisotopic (exact) mass is 406 g/mol. The molecule has 0 aliphatic carbocycles. The number of aromatic nitrogens is 2. The molecular weight excluding hydrogens is 385 g/mol. The zero-order valence-electron chi connectivity index (χ0n) is 16.3. The topological polar surface area (TPSA) is 57.3 Å². The molecule has 3 rings (SSSR count). The van der Waals surface area contributed by atoms with E-state index in [4.69, 9.17) is 9.15 Å². The van der Waals surface area contributed by atoms with Crippen LogP contribution in [0, 0.1) is 20.8 Å². The standard InChI is InChI=1S/C21H21F3N2O3/c1-13-9-10-17(28-13)11-12-18(27)29-20(21(22,23)24)19-14(2)25-26(15(19)3)16-7-5-4-6-8-16/h4-10,20H,11-12H2,1-3H3/t20-/m0/s1. The van der Waals surface area contributed by atoms with E-state index in [-0.39, 0.29) is 29.8 Å². The van der Waals surface area contributed by atoms with Gasteiger partial charge in [-0.3, -0.25) is 4.79 Å². The molecule has 0 aliphatic rings. The minimum Gasteiger partial charge on any atom is -0.466 e. The Labute approximate surface area is 166 Å². The molecule has 0 N–H and O–H groups in total. The summed E-state index contributed by atoms with van der Waals surface area (Å²) in [4.78, 5) is 12.2. The van der Waals surface area contributed by atoms with Crippen molar-refractivity contribution in [1.82, 2.24) is 9.78 Å². The lowest BCUT2D eigenvalue weighted by molar-refractivity contribution is -0.224. The second-order valence-corrected chi connectivity index (χ2v) is 6.76. The molecule has 5 nitrogen and oxygen atoms in total. The first kappa shape index (κ1) is 20.7. The van der Waals surface area contributed by atoms with Crippen LogP contribution in [0.25, 0.3) is 5.69 Å². The van der Waals surface area contributed by atoms with Crippen LogP contribution in [-0.2, 0) is 16.0 Å². The third kappa shape index (κ3) is 4.70. The Hall–Kier alpha value is -3.03. The van der Waals surface area contributed by atoms with Crippen LogP contribution in [0.2, 0.25) is 0 Å². The minimum absolute atomic E-state index is 0.149. The molecule has 3 aromatic rings. The van der Waals surface area contributed by atoms with Gasteiger partial charge in [0.05, 0.1) is 17.8 Å². The number of halogens is 3. The molecule has 1 atom stereocenters. The summed E-state index contributed by atoms with van der Waals surface area (Å²) in [6.07, 6.45) is -7.20. The van der Waals surface area contributed by atoms with Crippen LogP contribution in [-0.4, -0.2) is 21.9 Å². The van der Waals surface area contributed by atoms with Crippen LogP contribution in [0.1, 0.15) is 41.0 Å². The number of benzene rings is 1. The van der Waals surface area contributed by atoms with Crippen LogP contribution >= 0.6 is 0 Å². The van der Waals surface area contributed by atoms with E-state index < -0.39 is 18.2 Å². The van der Waals surface area contributed by atoms with Gasteiger partial charge < -0.3 is 9.15 Å². The van der Waals surface area contributed by atoms with Gasteiger partial charge in [-0.25, -0.2) is 4.68 Å². The number of ether oxygens (including phenoxy) is 1. The van der Waals surface area contributed by atoms with E-state index in [0.29, 0.717) is 17.2 Å². The van der Waals surface area contributed by atoms with E-state index in [1.54, 1.807) is 49.4 Å². The smallest absolute Gasteiger partial charge is 0.429 e. The highest BCUT2D eigenvalue weighted by Gasteiger charge is 2.46. The molecule has 1 aromatic carbocycles. The molecule has 0 bridgehead atoms. The number of esters is 1. The lowest BCUT2D eigenvalue weighted by atomic mass is 10.1. The van der Waals surface area contributed by atoms with Gasteiger partial charge in [-0.15, -0.1) is 0 Å². The molecule has 29 heavy (non-hydrogen) atoms. The first-order valence-electron chi connectivity index (χ1n) is 9.10. The van der Waals surface area contributed by atoms with Crippen molar-refractivity contribution in [2.45, 2.75) is 45.9 Å². The molecule has 0 unspecified atom stereocenters. The van der Waals surface area contributed by atoms with Gasteiger partial charge in [0.1, 0.15) is 11.5 Å². The summed E-state index contributed by atoms with van der Waals surface area (Å²) in [5.41, 5.74) is 0.900. The molecule has 0 radical (unpaired) electrons. The van der Waals surface area contributed by atoms with Gasteiger partial charge in [0, 0.05) is 17.7 Å². The first-order valence-corrected chi connectivity index (χ1v) is 9.10. The van der Waals surface area contributed by atoms with Gasteiger partial charge >= 0.3 is 12.1 Å². The van der Waals surface area contributed by atoms with Crippen molar-refractivity contribution in [3.05, 3.63) is 70.9 Å². The predicted octanol–water partition coefficient (Wildman–Crippen LogP) is 5.17. The van der Waals surface area contributed by atoms with Crippen LogP contribution in [0.15, 0.2) is 46.9 Å². The number of carbonyl (C=O) groups excluding carboxylic acids is 1. The third-order valence-electron chi connectivity index (χ3n) is 4.53. The van der Waals surface area contributed by atoms with Crippen molar-refractivity contribution >= 4 is 5.97 Å². The van der Waals surface area contributed by atoms with Crippen molar-refractivity contribution in [1.29, 1.82) is 0 Å². The highest BCUT2D eigenvalue weighted by molar-refractivity contribution is 5.70. The van der Waals surface area contributed by atoms with Gasteiger partial charge in [0.25, 0.3) is 0 Å². The average Bonchev–Trinajstić information content (AvgIpc) is 3.21. The summed E-state index contributed by atoms with van der Waals surface area (Å²) >= 11 is 0. The fourth-order valence-electron chi connectivity index (χ4n) is 3.18. The van der Waals surface area contributed by atoms with Crippen molar-refractivity contribution in [3.8, 4) is 5.69 Å². The van der Waals surface area contributed by atoms with E-state index in [2.05, 4.69) is 5.10 Å². The molecule has 0 fully saturated rings. The summed E-state index contributed by atoms with van der Waals surface area (Å²) < 4.78 is 53.0. The van der Waals surface area contributed by atoms with E-state index >= 15 is 0 Å². The molecule has 8 heteroatoms. The number of alkyl halides is 3. The van der Waals surface area contributed by atoms with Crippen LogP contribution in [0.3, 0.4) is 0 Å². The van der Waals surface area contributed by atoms with Gasteiger partial charge in [-0.05, 0) is 45.0 Å². The molecule has 2 heterocycles. The Morgan fingerprint density at radius 1 is 1.14 bits per heavy atom. The zero-order chi connectivity index (χ0) is 21.2. The second kappa shape index (κ2) is 8.14. The molecule has 0 spiro atoms. The number of furan rings is 1. The predicted molar refractivity (Wildman–Crippen MR) is 99.7 cm³/mol. The number of hydrogen-bond acceptors (Lipinski definition) is 4. The lowest BCUT2D eigenvalue weighted by Gasteiger charge is -2.21. The molecule has 2 aromatic heterocycles. The first-order chi connectivity index (χ1) is 13.7. The van der Waals surface area contributed by atoms with E-state index in [1.807, 2.05) is 0 Å². The zero-order valence-corrected chi connectivity index (χ0v) is 16.3. The number of carbonyl (C=O) groups is 1. The van der Waals surface area contributed by atoms with E-state index in [9.17, 15) is 18.0 Å². The van der Waals surface area contributed by atoms with Crippen LogP contribution < -0.4 is 0 Å². The van der Waals surface area contributed by atoms with Crippen LogP contribution in [0.4, 0.5) is 13.2 Å². The van der Waals surface area contributed by atoms with Crippen molar-refractivity contribution in [3.63, 3.8) is 0 Å². The summed E-state index contributed by atoms with van der Waals surface area (Å²) in [6, 6.07) is 12.2. The molecule has 0 saturated heterocycles. The second-order valence-electron chi connectivity index (χ2n) is 6.76.